The van der Waals surface area contributed by atoms with E-state index in [9.17, 15) is 4.79 Å². The van der Waals surface area contributed by atoms with E-state index in [1.54, 1.807) is 12.1 Å². The van der Waals surface area contributed by atoms with Crippen LogP contribution in [0.25, 0.3) is 0 Å². The molecule has 0 unspecified atom stereocenters. The third-order valence-corrected chi connectivity index (χ3v) is 3.73. The number of primary amides is 1. The summed E-state index contributed by atoms with van der Waals surface area (Å²) >= 11 is 0. The Morgan fingerprint density at radius 2 is 2.06 bits per heavy atom. The molecular weight excluding hydrogens is 226 g/mol. The van der Waals surface area contributed by atoms with E-state index in [0.717, 1.165) is 12.2 Å². The van der Waals surface area contributed by atoms with E-state index in [1.165, 1.54) is 25.7 Å². The summed E-state index contributed by atoms with van der Waals surface area (Å²) < 4.78 is 0. The van der Waals surface area contributed by atoms with Gasteiger partial charge in [0.15, 0.2) is 0 Å². The molecule has 1 aliphatic carbocycles. The zero-order valence-electron chi connectivity index (χ0n) is 10.9. The molecule has 1 fully saturated rings. The van der Waals surface area contributed by atoms with Gasteiger partial charge in [0.1, 0.15) is 0 Å². The van der Waals surface area contributed by atoms with E-state index >= 15 is 0 Å². The summed E-state index contributed by atoms with van der Waals surface area (Å²) in [5.41, 5.74) is 13.6. The van der Waals surface area contributed by atoms with Gasteiger partial charge in [-0.2, -0.15) is 0 Å². The summed E-state index contributed by atoms with van der Waals surface area (Å²) in [6.07, 6.45) is 4.95. The minimum Gasteiger partial charge on any atom is -0.397 e. The molecule has 0 spiro atoms. The van der Waals surface area contributed by atoms with Crippen LogP contribution in [0.5, 0.6) is 0 Å². The lowest BCUT2D eigenvalue weighted by Crippen LogP contribution is -2.33. The number of nitrogen functional groups attached to an aromatic ring is 1. The summed E-state index contributed by atoms with van der Waals surface area (Å²) in [5.74, 6) is -0.404. The Kier molecular flexibility index (Phi) is 3.75. The standard InChI is InChI=1S/C14H21N3O/c1-2-17(11-5-3-4-6-11)13-9-10(14(16)18)7-8-12(13)15/h7-9,11H,2-6,15H2,1H3,(H2,16,18). The average molecular weight is 247 g/mol. The topological polar surface area (TPSA) is 72.3 Å². The Morgan fingerprint density at radius 3 is 2.61 bits per heavy atom. The van der Waals surface area contributed by atoms with Gasteiger partial charge in [0.25, 0.3) is 0 Å². The lowest BCUT2D eigenvalue weighted by Gasteiger charge is -2.31. The Balaban J connectivity index is 2.34. The second-order valence-electron chi connectivity index (χ2n) is 4.86. The Labute approximate surface area is 108 Å². The van der Waals surface area contributed by atoms with Crippen molar-refractivity contribution in [2.75, 3.05) is 17.2 Å². The van der Waals surface area contributed by atoms with Crippen molar-refractivity contribution in [3.63, 3.8) is 0 Å². The van der Waals surface area contributed by atoms with Gasteiger partial charge in [-0.1, -0.05) is 12.8 Å². The predicted molar refractivity (Wildman–Crippen MR) is 74.6 cm³/mol. The van der Waals surface area contributed by atoms with Crippen molar-refractivity contribution in [1.82, 2.24) is 0 Å². The van der Waals surface area contributed by atoms with Crippen LogP contribution in [-0.4, -0.2) is 18.5 Å². The molecule has 0 heterocycles. The molecule has 4 N–H and O–H groups in total. The van der Waals surface area contributed by atoms with Crippen LogP contribution in [-0.2, 0) is 0 Å². The van der Waals surface area contributed by atoms with E-state index in [2.05, 4.69) is 11.8 Å². The molecule has 1 aliphatic rings. The van der Waals surface area contributed by atoms with Gasteiger partial charge in [-0.15, -0.1) is 0 Å². The molecular formula is C14H21N3O. The Bertz CT molecular complexity index is 439. The number of benzene rings is 1. The predicted octanol–water partition coefficient (Wildman–Crippen LogP) is 2.14. The van der Waals surface area contributed by atoms with E-state index in [-0.39, 0.29) is 0 Å². The third-order valence-electron chi connectivity index (χ3n) is 3.73. The van der Waals surface area contributed by atoms with E-state index in [0.29, 0.717) is 17.3 Å². The first-order valence-electron chi connectivity index (χ1n) is 6.59. The van der Waals surface area contributed by atoms with E-state index in [1.807, 2.05) is 6.07 Å². The van der Waals surface area contributed by atoms with Gasteiger partial charge in [-0.3, -0.25) is 4.79 Å². The number of anilines is 2. The number of rotatable bonds is 4. The molecule has 0 saturated heterocycles. The number of nitrogens with two attached hydrogens (primary N) is 2. The van der Waals surface area contributed by atoms with Crippen LogP contribution >= 0.6 is 0 Å². The molecule has 4 heteroatoms. The number of nitrogens with zero attached hydrogens (tertiary/aromatic N) is 1. The maximum absolute atomic E-state index is 11.3. The third kappa shape index (κ3) is 2.42. The first kappa shape index (κ1) is 12.7. The van der Waals surface area contributed by atoms with Gasteiger partial charge in [0.05, 0.1) is 11.4 Å². The lowest BCUT2D eigenvalue weighted by molar-refractivity contribution is 0.100. The minimum absolute atomic E-state index is 0.404. The van der Waals surface area contributed by atoms with Gasteiger partial charge < -0.3 is 16.4 Å². The SMILES string of the molecule is CCN(c1cc(C(N)=O)ccc1N)C1CCCC1. The summed E-state index contributed by atoms with van der Waals surface area (Å²) in [4.78, 5) is 13.6. The highest BCUT2D eigenvalue weighted by Gasteiger charge is 2.23. The average Bonchev–Trinajstić information content (AvgIpc) is 2.86. The molecule has 0 bridgehead atoms. The Hall–Kier alpha value is -1.71. The van der Waals surface area contributed by atoms with Crippen LogP contribution < -0.4 is 16.4 Å². The summed E-state index contributed by atoms with van der Waals surface area (Å²) in [6.45, 7) is 3.02. The summed E-state index contributed by atoms with van der Waals surface area (Å²) in [7, 11) is 0. The number of hydrogen-bond donors (Lipinski definition) is 2. The molecule has 0 radical (unpaired) electrons. The normalized spacial score (nSPS) is 15.8. The van der Waals surface area contributed by atoms with Gasteiger partial charge in [0.2, 0.25) is 5.91 Å². The van der Waals surface area contributed by atoms with Crippen molar-refractivity contribution in [1.29, 1.82) is 0 Å². The van der Waals surface area contributed by atoms with Crippen LogP contribution in [0.4, 0.5) is 11.4 Å². The molecule has 0 atom stereocenters. The molecule has 1 aromatic carbocycles. The Morgan fingerprint density at radius 1 is 1.39 bits per heavy atom. The number of amides is 1. The van der Waals surface area contributed by atoms with Crippen molar-refractivity contribution in [2.24, 2.45) is 5.73 Å². The molecule has 1 amide bonds. The molecule has 1 saturated carbocycles. The van der Waals surface area contributed by atoms with Gasteiger partial charge >= 0.3 is 0 Å². The highest BCUT2D eigenvalue weighted by Crippen LogP contribution is 2.32. The number of hydrogen-bond acceptors (Lipinski definition) is 3. The van der Waals surface area contributed by atoms with Gasteiger partial charge in [-0.25, -0.2) is 0 Å². The summed E-state index contributed by atoms with van der Waals surface area (Å²) in [5, 5.41) is 0. The van der Waals surface area contributed by atoms with Crippen LogP contribution in [0.2, 0.25) is 0 Å². The quantitative estimate of drug-likeness (QED) is 0.801. The highest BCUT2D eigenvalue weighted by atomic mass is 16.1. The first-order chi connectivity index (χ1) is 8.63. The molecule has 4 nitrogen and oxygen atoms in total. The minimum atomic E-state index is -0.404. The van der Waals surface area contributed by atoms with Crippen molar-refractivity contribution in [3.05, 3.63) is 23.8 Å². The molecule has 1 aromatic rings. The second kappa shape index (κ2) is 5.29. The lowest BCUT2D eigenvalue weighted by atomic mass is 10.1. The van der Waals surface area contributed by atoms with Crippen molar-refractivity contribution in [3.8, 4) is 0 Å². The van der Waals surface area contributed by atoms with Gasteiger partial charge in [-0.05, 0) is 38.0 Å². The van der Waals surface area contributed by atoms with Crippen molar-refractivity contribution in [2.45, 2.75) is 38.6 Å². The zero-order valence-corrected chi connectivity index (χ0v) is 10.9. The van der Waals surface area contributed by atoms with Crippen LogP contribution in [0.3, 0.4) is 0 Å². The highest BCUT2D eigenvalue weighted by molar-refractivity contribution is 5.95. The van der Waals surface area contributed by atoms with Crippen LogP contribution in [0, 0.1) is 0 Å². The van der Waals surface area contributed by atoms with Crippen molar-refractivity contribution >= 4 is 17.3 Å². The number of carbonyl (C=O) groups excluding carboxylic acids is 1. The molecule has 0 aliphatic heterocycles. The molecule has 0 aromatic heterocycles. The molecule has 18 heavy (non-hydrogen) atoms. The summed E-state index contributed by atoms with van der Waals surface area (Å²) in [6, 6.07) is 5.82. The smallest absolute Gasteiger partial charge is 0.248 e. The van der Waals surface area contributed by atoms with Crippen LogP contribution in [0.15, 0.2) is 18.2 Å². The fourth-order valence-electron chi connectivity index (χ4n) is 2.79. The molecule has 2 rings (SSSR count). The van der Waals surface area contributed by atoms with Crippen molar-refractivity contribution < 1.29 is 4.79 Å². The largest absolute Gasteiger partial charge is 0.397 e. The van der Waals surface area contributed by atoms with Crippen LogP contribution in [0.1, 0.15) is 43.0 Å². The van der Waals surface area contributed by atoms with E-state index in [4.69, 9.17) is 11.5 Å². The van der Waals surface area contributed by atoms with E-state index < -0.39 is 5.91 Å². The first-order valence-corrected chi connectivity index (χ1v) is 6.59. The fraction of sp³-hybridized carbons (Fsp3) is 0.500. The maximum atomic E-state index is 11.3. The maximum Gasteiger partial charge on any atom is 0.248 e. The number of carbonyl (C=O) groups is 1. The van der Waals surface area contributed by atoms with Gasteiger partial charge in [0, 0.05) is 18.2 Å². The fourth-order valence-corrected chi connectivity index (χ4v) is 2.79. The zero-order chi connectivity index (χ0) is 13.1. The molecule has 98 valence electrons. The monoisotopic (exact) mass is 247 g/mol. The second-order valence-corrected chi connectivity index (χ2v) is 4.86.